The van der Waals surface area contributed by atoms with Gasteiger partial charge in [-0.2, -0.15) is 0 Å². The Morgan fingerprint density at radius 2 is 1.80 bits per heavy atom. The summed E-state index contributed by atoms with van der Waals surface area (Å²) in [6, 6.07) is 0. The zero-order chi connectivity index (χ0) is 30.0. The van der Waals surface area contributed by atoms with E-state index < -0.39 is 83.0 Å². The molecule has 41 heavy (non-hydrogen) atoms. The smallest absolute Gasteiger partial charge is 0.431 e. The van der Waals surface area contributed by atoms with Gasteiger partial charge in [0.05, 0.1) is 12.2 Å². The number of alkyl halides is 3. The van der Waals surface area contributed by atoms with Crippen LogP contribution in [-0.4, -0.2) is 72.7 Å². The molecule has 0 radical (unpaired) electrons. The largest absolute Gasteiger partial charge is 0.509 e. The molecule has 4 saturated carbocycles. The second kappa shape index (κ2) is 10.4. The number of aliphatic hydroxyl groups is 1. The molecule has 228 valence electrons. The van der Waals surface area contributed by atoms with Crippen LogP contribution in [0.3, 0.4) is 0 Å². The maximum atomic E-state index is 17.5. The van der Waals surface area contributed by atoms with Crippen LogP contribution in [0.1, 0.15) is 65.7 Å². The number of ketones is 1. The molecule has 0 heterocycles. The van der Waals surface area contributed by atoms with Crippen molar-refractivity contribution >= 4 is 17.9 Å². The SMILES string of the molecule is COC1CCCC[C@@H]1OC(=O)O[C@]1(C(=O)OCF)[C@H](C)C[C@H]2[C@@H]3C[C@H](F)C4=CC(=O)C=C[C@]4(C)[C@@]3(F)C(O)CC21C. The van der Waals surface area contributed by atoms with Crippen molar-refractivity contribution in [3.8, 4) is 0 Å². The van der Waals surface area contributed by atoms with Gasteiger partial charge in [0.1, 0.15) is 12.3 Å². The van der Waals surface area contributed by atoms with Crippen molar-refractivity contribution in [1.82, 2.24) is 0 Å². The van der Waals surface area contributed by atoms with E-state index in [2.05, 4.69) is 0 Å². The molecule has 5 aliphatic rings. The van der Waals surface area contributed by atoms with Crippen LogP contribution in [0.25, 0.3) is 0 Å². The van der Waals surface area contributed by atoms with E-state index in [1.165, 1.54) is 26.2 Å². The molecule has 5 rings (SSSR count). The summed E-state index contributed by atoms with van der Waals surface area (Å²) in [6.45, 7) is 3.18. The predicted molar refractivity (Wildman–Crippen MR) is 139 cm³/mol. The van der Waals surface area contributed by atoms with Crippen LogP contribution in [0.5, 0.6) is 0 Å². The number of esters is 1. The molecular formula is C30H39F3O8. The van der Waals surface area contributed by atoms with Gasteiger partial charge in [0, 0.05) is 29.8 Å². The van der Waals surface area contributed by atoms with E-state index in [9.17, 15) is 23.9 Å². The topological polar surface area (TPSA) is 108 Å². The fourth-order valence-corrected chi connectivity index (χ4v) is 9.12. The normalized spacial score (nSPS) is 47.0. The Hall–Kier alpha value is -2.40. The molecule has 4 fully saturated rings. The summed E-state index contributed by atoms with van der Waals surface area (Å²) < 4.78 is 68.4. The first-order chi connectivity index (χ1) is 19.3. The van der Waals surface area contributed by atoms with Crippen LogP contribution in [-0.2, 0) is 28.5 Å². The number of halogens is 3. The zero-order valence-corrected chi connectivity index (χ0v) is 23.9. The third-order valence-electron chi connectivity index (χ3n) is 11.1. The molecule has 3 unspecified atom stereocenters. The minimum atomic E-state index is -2.39. The summed E-state index contributed by atoms with van der Waals surface area (Å²) in [6.07, 6.45) is 0.319. The predicted octanol–water partition coefficient (Wildman–Crippen LogP) is 4.87. The third kappa shape index (κ3) is 4.12. The Morgan fingerprint density at radius 1 is 1.12 bits per heavy atom. The highest BCUT2D eigenvalue weighted by molar-refractivity contribution is 6.01. The van der Waals surface area contributed by atoms with E-state index in [1.807, 2.05) is 0 Å². The molecule has 0 bridgehead atoms. The standard InChI is InChI=1S/C30H39F3O8/c1-16-11-18-19-13-21(32)20-12-17(34)9-10-27(20,2)29(19,33)24(35)14-28(18,3)30(16,25(36)39-15-31)41-26(37)40-23-8-6-5-7-22(23)38-4/h9-10,12,16,18-19,21-24,35H,5-8,11,13-15H2,1-4H3/t16-,18+,19+,21+,22?,23+,24?,27+,28?,29+,30+/m1/s1. The molecule has 0 aliphatic heterocycles. The van der Waals surface area contributed by atoms with Crippen molar-refractivity contribution in [2.45, 2.75) is 101 Å². The lowest BCUT2D eigenvalue weighted by Gasteiger charge is -2.62. The molecule has 0 saturated heterocycles. The van der Waals surface area contributed by atoms with Crippen molar-refractivity contribution in [3.05, 3.63) is 23.8 Å². The quantitative estimate of drug-likeness (QED) is 0.456. The lowest BCUT2D eigenvalue weighted by atomic mass is 9.44. The van der Waals surface area contributed by atoms with Gasteiger partial charge in [-0.25, -0.2) is 22.8 Å². The molecule has 11 atom stereocenters. The van der Waals surface area contributed by atoms with Gasteiger partial charge in [-0.1, -0.05) is 26.3 Å². The molecule has 11 heteroatoms. The van der Waals surface area contributed by atoms with Crippen molar-refractivity contribution in [2.75, 3.05) is 14.0 Å². The van der Waals surface area contributed by atoms with Gasteiger partial charge < -0.3 is 24.1 Å². The molecule has 0 aromatic heterocycles. The van der Waals surface area contributed by atoms with E-state index in [0.717, 1.165) is 18.9 Å². The number of fused-ring (bicyclic) bond motifs is 5. The minimum absolute atomic E-state index is 0.0273. The Bertz CT molecular complexity index is 1160. The highest BCUT2D eigenvalue weighted by Crippen LogP contribution is 2.71. The molecule has 8 nitrogen and oxygen atoms in total. The molecular weight excluding hydrogens is 545 g/mol. The van der Waals surface area contributed by atoms with Crippen LogP contribution in [0.2, 0.25) is 0 Å². The summed E-state index contributed by atoms with van der Waals surface area (Å²) in [5.74, 6) is -4.32. The summed E-state index contributed by atoms with van der Waals surface area (Å²) in [5, 5.41) is 11.6. The van der Waals surface area contributed by atoms with Crippen molar-refractivity contribution < 1.29 is 51.6 Å². The van der Waals surface area contributed by atoms with Gasteiger partial charge in [-0.15, -0.1) is 0 Å². The lowest BCUT2D eigenvalue weighted by molar-refractivity contribution is -0.236. The maximum absolute atomic E-state index is 17.5. The van der Waals surface area contributed by atoms with Crippen LogP contribution < -0.4 is 0 Å². The number of methoxy groups -OCH3 is 1. The highest BCUT2D eigenvalue weighted by atomic mass is 19.1. The summed E-state index contributed by atoms with van der Waals surface area (Å²) in [4.78, 5) is 39.0. The number of carbonyl (C=O) groups is 3. The van der Waals surface area contributed by atoms with Crippen molar-refractivity contribution in [2.24, 2.45) is 28.6 Å². The molecule has 0 spiro atoms. The van der Waals surface area contributed by atoms with Crippen molar-refractivity contribution in [1.29, 1.82) is 0 Å². The molecule has 0 amide bonds. The van der Waals surface area contributed by atoms with Crippen molar-refractivity contribution in [3.63, 3.8) is 0 Å². The molecule has 5 aliphatic carbocycles. The molecule has 0 aromatic carbocycles. The van der Waals surface area contributed by atoms with Gasteiger partial charge in [0.25, 0.3) is 0 Å². The monoisotopic (exact) mass is 584 g/mol. The molecule has 1 N–H and O–H groups in total. The van der Waals surface area contributed by atoms with Crippen LogP contribution in [0.15, 0.2) is 23.8 Å². The van der Waals surface area contributed by atoms with E-state index in [4.69, 9.17) is 18.9 Å². The van der Waals surface area contributed by atoms with Gasteiger partial charge in [-0.3, -0.25) is 4.79 Å². The second-order valence-corrected chi connectivity index (χ2v) is 12.8. The number of carbonyl (C=O) groups excluding carboxylic acids is 3. The number of hydrogen-bond acceptors (Lipinski definition) is 8. The second-order valence-electron chi connectivity index (χ2n) is 12.8. The Kier molecular flexibility index (Phi) is 7.63. The van der Waals surface area contributed by atoms with Gasteiger partial charge in [0.15, 0.2) is 11.5 Å². The van der Waals surface area contributed by atoms with Gasteiger partial charge in [-0.05, 0) is 69.1 Å². The van der Waals surface area contributed by atoms with E-state index in [0.29, 0.717) is 12.8 Å². The van der Waals surface area contributed by atoms with Gasteiger partial charge >= 0.3 is 12.1 Å². The van der Waals surface area contributed by atoms with E-state index in [1.54, 1.807) is 13.8 Å². The third-order valence-corrected chi connectivity index (χ3v) is 11.1. The number of ether oxygens (including phenoxy) is 4. The summed E-state index contributed by atoms with van der Waals surface area (Å²) >= 11 is 0. The minimum Gasteiger partial charge on any atom is -0.431 e. The number of hydrogen-bond donors (Lipinski definition) is 1. The fourth-order valence-electron chi connectivity index (χ4n) is 9.12. The van der Waals surface area contributed by atoms with E-state index >= 15 is 8.78 Å². The number of allylic oxidation sites excluding steroid dienone is 4. The van der Waals surface area contributed by atoms with E-state index in [-0.39, 0.29) is 30.9 Å². The average molecular weight is 585 g/mol. The summed E-state index contributed by atoms with van der Waals surface area (Å²) in [5.41, 5.74) is -7.64. The zero-order valence-electron chi connectivity index (χ0n) is 23.9. The Balaban J connectivity index is 1.54. The highest BCUT2D eigenvalue weighted by Gasteiger charge is 2.79. The maximum Gasteiger partial charge on any atom is 0.509 e. The fraction of sp³-hybridized carbons (Fsp3) is 0.767. The van der Waals surface area contributed by atoms with Gasteiger partial charge in [0.2, 0.25) is 12.5 Å². The first-order valence-corrected chi connectivity index (χ1v) is 14.4. The van der Waals surface area contributed by atoms with Crippen LogP contribution in [0, 0.1) is 28.6 Å². The first-order valence-electron chi connectivity index (χ1n) is 14.4. The molecule has 0 aromatic rings. The Labute approximate surface area is 237 Å². The number of aliphatic hydroxyl groups excluding tert-OH is 1. The average Bonchev–Trinajstić information content (AvgIpc) is 3.14. The first kappa shape index (κ1) is 30.1. The Morgan fingerprint density at radius 3 is 2.46 bits per heavy atom. The number of rotatable bonds is 5. The van der Waals surface area contributed by atoms with Crippen LogP contribution in [0.4, 0.5) is 18.0 Å². The van der Waals surface area contributed by atoms with Crippen LogP contribution >= 0.6 is 0 Å². The summed E-state index contributed by atoms with van der Waals surface area (Å²) in [7, 11) is 1.51. The lowest BCUT2D eigenvalue weighted by Crippen LogP contribution is -2.71.